The smallest absolute Gasteiger partial charge is 0.413 e. The number of pyridine rings is 2. The second-order valence-corrected chi connectivity index (χ2v) is 7.46. The lowest BCUT2D eigenvalue weighted by molar-refractivity contribution is 0.0635. The summed E-state index contributed by atoms with van der Waals surface area (Å²) in [7, 11) is 1.38. The van der Waals surface area contributed by atoms with Gasteiger partial charge in [0.2, 0.25) is 0 Å². The van der Waals surface area contributed by atoms with E-state index in [1.165, 1.54) is 19.2 Å². The SMILES string of the molecule is COc1cc2nc(-c3ccc(NC(=O)OC(C)(C)C)nc3)cc(Cl)c2cc1F. The molecule has 0 aliphatic rings. The van der Waals surface area contributed by atoms with E-state index in [0.29, 0.717) is 33.0 Å². The van der Waals surface area contributed by atoms with E-state index in [4.69, 9.17) is 21.1 Å². The van der Waals surface area contributed by atoms with Crippen molar-refractivity contribution in [3.05, 3.63) is 47.4 Å². The molecule has 0 fully saturated rings. The Labute approximate surface area is 166 Å². The number of hydrogen-bond donors (Lipinski definition) is 1. The van der Waals surface area contributed by atoms with Gasteiger partial charge < -0.3 is 9.47 Å². The van der Waals surface area contributed by atoms with Crippen molar-refractivity contribution >= 4 is 34.4 Å². The van der Waals surface area contributed by atoms with Crippen LogP contribution in [0.5, 0.6) is 5.75 Å². The highest BCUT2D eigenvalue weighted by atomic mass is 35.5. The number of anilines is 1. The molecule has 0 saturated heterocycles. The van der Waals surface area contributed by atoms with Gasteiger partial charge in [-0.3, -0.25) is 5.32 Å². The zero-order valence-corrected chi connectivity index (χ0v) is 16.6. The number of ether oxygens (including phenoxy) is 2. The Kier molecular flexibility index (Phi) is 5.38. The molecule has 28 heavy (non-hydrogen) atoms. The van der Waals surface area contributed by atoms with Gasteiger partial charge in [-0.25, -0.2) is 19.2 Å². The van der Waals surface area contributed by atoms with Gasteiger partial charge in [0.05, 0.1) is 23.3 Å². The molecule has 0 aliphatic carbocycles. The van der Waals surface area contributed by atoms with Crippen molar-refractivity contribution in [1.29, 1.82) is 0 Å². The second-order valence-electron chi connectivity index (χ2n) is 7.05. The van der Waals surface area contributed by atoms with Crippen LogP contribution in [0.2, 0.25) is 5.02 Å². The minimum absolute atomic E-state index is 0.0863. The van der Waals surface area contributed by atoms with Crippen LogP contribution < -0.4 is 10.1 Å². The lowest BCUT2D eigenvalue weighted by Crippen LogP contribution is -2.27. The van der Waals surface area contributed by atoms with E-state index < -0.39 is 17.5 Å². The third-order valence-electron chi connectivity index (χ3n) is 3.72. The fourth-order valence-electron chi connectivity index (χ4n) is 2.52. The van der Waals surface area contributed by atoms with Crippen molar-refractivity contribution in [1.82, 2.24) is 9.97 Å². The van der Waals surface area contributed by atoms with Gasteiger partial charge in [-0.1, -0.05) is 11.6 Å². The molecule has 1 N–H and O–H groups in total. The molecule has 3 aromatic rings. The molecule has 1 amide bonds. The number of carbonyl (C=O) groups excluding carboxylic acids is 1. The molecule has 8 heteroatoms. The standard InChI is InChI=1S/C20H19ClFN3O3/c1-20(2,3)28-19(26)25-18-6-5-11(10-23-18)15-8-13(21)12-7-14(22)17(27-4)9-16(12)24-15/h5-10H,1-4H3,(H,23,25,26). The van der Waals surface area contributed by atoms with E-state index in [9.17, 15) is 9.18 Å². The molecule has 0 saturated carbocycles. The zero-order valence-electron chi connectivity index (χ0n) is 15.8. The summed E-state index contributed by atoms with van der Waals surface area (Å²) in [5.74, 6) is -0.0810. The monoisotopic (exact) mass is 403 g/mol. The number of fused-ring (bicyclic) bond motifs is 1. The molecule has 0 radical (unpaired) electrons. The number of benzene rings is 1. The third kappa shape index (κ3) is 4.48. The van der Waals surface area contributed by atoms with Crippen LogP contribution in [-0.4, -0.2) is 28.8 Å². The second kappa shape index (κ2) is 7.59. The Balaban J connectivity index is 1.88. The molecule has 0 aliphatic heterocycles. The van der Waals surface area contributed by atoms with Crippen LogP contribution in [0.15, 0.2) is 36.5 Å². The first kappa shape index (κ1) is 19.8. The summed E-state index contributed by atoms with van der Waals surface area (Å²) >= 11 is 6.30. The Hall–Kier alpha value is -2.93. The molecule has 0 unspecified atom stereocenters. The van der Waals surface area contributed by atoms with Gasteiger partial charge in [0.1, 0.15) is 11.4 Å². The van der Waals surface area contributed by atoms with E-state index in [1.807, 2.05) is 0 Å². The Morgan fingerprint density at radius 2 is 1.96 bits per heavy atom. The van der Waals surface area contributed by atoms with Gasteiger partial charge in [0, 0.05) is 23.2 Å². The van der Waals surface area contributed by atoms with Gasteiger partial charge in [-0.05, 0) is 45.0 Å². The summed E-state index contributed by atoms with van der Waals surface area (Å²) in [6.07, 6.45) is 0.964. The number of amides is 1. The summed E-state index contributed by atoms with van der Waals surface area (Å²) in [6, 6.07) is 7.79. The number of carbonyl (C=O) groups is 1. The molecule has 6 nitrogen and oxygen atoms in total. The molecule has 0 atom stereocenters. The number of nitrogens with one attached hydrogen (secondary N) is 1. The van der Waals surface area contributed by atoms with Crippen LogP contribution in [0.4, 0.5) is 15.0 Å². The first-order chi connectivity index (χ1) is 13.2. The molecule has 146 valence electrons. The molecule has 3 rings (SSSR count). The minimum Gasteiger partial charge on any atom is -0.494 e. The average molecular weight is 404 g/mol. The first-order valence-electron chi connectivity index (χ1n) is 8.46. The average Bonchev–Trinajstić information content (AvgIpc) is 2.60. The summed E-state index contributed by atoms with van der Waals surface area (Å²) in [5.41, 5.74) is 1.14. The maximum Gasteiger partial charge on any atom is 0.413 e. The Morgan fingerprint density at radius 1 is 1.21 bits per heavy atom. The van der Waals surface area contributed by atoms with Crippen LogP contribution >= 0.6 is 11.6 Å². The van der Waals surface area contributed by atoms with Gasteiger partial charge in [-0.15, -0.1) is 0 Å². The number of aromatic nitrogens is 2. The first-order valence-corrected chi connectivity index (χ1v) is 8.84. The maximum absolute atomic E-state index is 13.9. The number of nitrogens with zero attached hydrogens (tertiary/aromatic N) is 2. The Bertz CT molecular complexity index is 1030. The van der Waals surface area contributed by atoms with Crippen LogP contribution in [0.25, 0.3) is 22.2 Å². The number of hydrogen-bond acceptors (Lipinski definition) is 5. The molecule has 0 bridgehead atoms. The highest BCUT2D eigenvalue weighted by molar-refractivity contribution is 6.35. The van der Waals surface area contributed by atoms with Crippen LogP contribution in [-0.2, 0) is 4.74 Å². The summed E-state index contributed by atoms with van der Waals surface area (Å²) in [5, 5.41) is 3.41. The number of methoxy groups -OCH3 is 1. The van der Waals surface area contributed by atoms with Crippen LogP contribution in [0.1, 0.15) is 20.8 Å². The molecule has 2 aromatic heterocycles. The van der Waals surface area contributed by atoms with Gasteiger partial charge in [0.25, 0.3) is 0 Å². The van der Waals surface area contributed by atoms with E-state index in [0.717, 1.165) is 0 Å². The van der Waals surface area contributed by atoms with Crippen LogP contribution in [0.3, 0.4) is 0 Å². The molecule has 0 spiro atoms. The number of halogens is 2. The summed E-state index contributed by atoms with van der Waals surface area (Å²) in [6.45, 7) is 5.33. The van der Waals surface area contributed by atoms with Gasteiger partial charge >= 0.3 is 6.09 Å². The maximum atomic E-state index is 13.9. The van der Waals surface area contributed by atoms with E-state index in [-0.39, 0.29) is 5.75 Å². The zero-order chi connectivity index (χ0) is 20.5. The minimum atomic E-state index is -0.601. The lowest BCUT2D eigenvalue weighted by Gasteiger charge is -2.19. The van der Waals surface area contributed by atoms with Gasteiger partial charge in [0.15, 0.2) is 11.6 Å². The highest BCUT2D eigenvalue weighted by Crippen LogP contribution is 2.32. The molecular weight excluding hydrogens is 385 g/mol. The largest absolute Gasteiger partial charge is 0.494 e. The van der Waals surface area contributed by atoms with Crippen molar-refractivity contribution in [2.45, 2.75) is 26.4 Å². The van der Waals surface area contributed by atoms with Crippen LogP contribution in [0, 0.1) is 5.82 Å². The van der Waals surface area contributed by atoms with Crippen molar-refractivity contribution < 1.29 is 18.7 Å². The van der Waals surface area contributed by atoms with E-state index in [1.54, 1.807) is 45.2 Å². The Morgan fingerprint density at radius 3 is 2.57 bits per heavy atom. The molecule has 1 aromatic carbocycles. The fourth-order valence-corrected chi connectivity index (χ4v) is 2.77. The summed E-state index contributed by atoms with van der Waals surface area (Å²) in [4.78, 5) is 20.5. The quantitative estimate of drug-likeness (QED) is 0.629. The van der Waals surface area contributed by atoms with Crippen molar-refractivity contribution in [2.75, 3.05) is 12.4 Å². The van der Waals surface area contributed by atoms with E-state index >= 15 is 0 Å². The fraction of sp³-hybridized carbons (Fsp3) is 0.250. The molecule has 2 heterocycles. The third-order valence-corrected chi connectivity index (χ3v) is 4.03. The van der Waals surface area contributed by atoms with Crippen molar-refractivity contribution in [2.24, 2.45) is 0 Å². The number of rotatable bonds is 3. The normalized spacial score (nSPS) is 11.4. The topological polar surface area (TPSA) is 73.3 Å². The predicted molar refractivity (Wildman–Crippen MR) is 106 cm³/mol. The predicted octanol–water partition coefficient (Wildman–Crippen LogP) is 5.44. The summed E-state index contributed by atoms with van der Waals surface area (Å²) < 4.78 is 24.1. The van der Waals surface area contributed by atoms with E-state index in [2.05, 4.69) is 15.3 Å². The lowest BCUT2D eigenvalue weighted by atomic mass is 10.1. The van der Waals surface area contributed by atoms with Crippen molar-refractivity contribution in [3.8, 4) is 17.0 Å². The van der Waals surface area contributed by atoms with Crippen molar-refractivity contribution in [3.63, 3.8) is 0 Å². The molecular formula is C20H19ClFN3O3. The highest BCUT2D eigenvalue weighted by Gasteiger charge is 2.17. The van der Waals surface area contributed by atoms with Gasteiger partial charge in [-0.2, -0.15) is 0 Å².